The molecule has 0 aliphatic heterocycles. The summed E-state index contributed by atoms with van der Waals surface area (Å²) in [5, 5.41) is 2.88. The van der Waals surface area contributed by atoms with E-state index in [0.29, 0.717) is 24.7 Å². The first kappa shape index (κ1) is 23.1. The fourth-order valence-electron chi connectivity index (χ4n) is 3.24. The Bertz CT molecular complexity index is 900. The average molecular weight is 417 g/mol. The molecule has 1 N–H and O–H groups in total. The number of hydrogen-bond donors (Lipinski definition) is 1. The number of rotatable bonds is 9. The van der Waals surface area contributed by atoms with Crippen LogP contribution in [0.3, 0.4) is 0 Å². The van der Waals surface area contributed by atoms with Gasteiger partial charge in [0.1, 0.15) is 0 Å². The molecule has 0 saturated heterocycles. The molecule has 2 aromatic carbocycles. The van der Waals surface area contributed by atoms with E-state index >= 15 is 0 Å². The summed E-state index contributed by atoms with van der Waals surface area (Å²) < 4.78 is 26.5. The smallest absolute Gasteiger partial charge is 0.243 e. The van der Waals surface area contributed by atoms with Crippen molar-refractivity contribution in [3.05, 3.63) is 59.7 Å². The van der Waals surface area contributed by atoms with Crippen molar-refractivity contribution >= 4 is 21.6 Å². The topological polar surface area (TPSA) is 66.5 Å². The Labute approximate surface area is 175 Å². The number of hydrogen-bond acceptors (Lipinski definition) is 3. The summed E-state index contributed by atoms with van der Waals surface area (Å²) in [6, 6.07) is 14.5. The van der Waals surface area contributed by atoms with E-state index in [2.05, 4.69) is 31.3 Å². The van der Waals surface area contributed by atoms with Crippen molar-refractivity contribution in [3.63, 3.8) is 0 Å². The number of anilines is 1. The van der Waals surface area contributed by atoms with Gasteiger partial charge in [-0.1, -0.05) is 52.0 Å². The molecule has 0 saturated carbocycles. The van der Waals surface area contributed by atoms with E-state index in [9.17, 15) is 13.2 Å². The Morgan fingerprint density at radius 1 is 0.931 bits per heavy atom. The predicted molar refractivity (Wildman–Crippen MR) is 119 cm³/mol. The maximum absolute atomic E-state index is 12.6. The molecule has 2 rings (SSSR count). The molecule has 2 aromatic rings. The van der Waals surface area contributed by atoms with Gasteiger partial charge in [0.05, 0.1) is 10.8 Å². The van der Waals surface area contributed by atoms with E-state index in [1.807, 2.05) is 32.9 Å². The summed E-state index contributed by atoms with van der Waals surface area (Å²) in [4.78, 5) is 12.9. The molecule has 0 bridgehead atoms. The molecular formula is C23H32N2O3S. The normalized spacial score (nSPS) is 12.9. The van der Waals surface area contributed by atoms with Gasteiger partial charge in [0.25, 0.3) is 0 Å². The molecule has 5 nitrogen and oxygen atoms in total. The molecule has 0 radical (unpaired) electrons. The lowest BCUT2D eigenvalue weighted by atomic mass is 9.96. The lowest BCUT2D eigenvalue weighted by Gasteiger charge is -2.18. The lowest BCUT2D eigenvalue weighted by Crippen LogP contribution is -2.30. The highest BCUT2D eigenvalue weighted by Crippen LogP contribution is 2.22. The van der Waals surface area contributed by atoms with Crippen LogP contribution in [0.25, 0.3) is 0 Å². The van der Waals surface area contributed by atoms with Crippen molar-refractivity contribution < 1.29 is 13.2 Å². The van der Waals surface area contributed by atoms with Crippen LogP contribution in [0.1, 0.15) is 51.7 Å². The van der Waals surface area contributed by atoms with Crippen molar-refractivity contribution in [2.45, 2.75) is 51.9 Å². The second-order valence-corrected chi connectivity index (χ2v) is 9.60. The Hall–Kier alpha value is -2.18. The average Bonchev–Trinajstić information content (AvgIpc) is 2.68. The van der Waals surface area contributed by atoms with Crippen LogP contribution in [0.5, 0.6) is 0 Å². The molecule has 158 valence electrons. The van der Waals surface area contributed by atoms with Gasteiger partial charge in [-0.25, -0.2) is 8.42 Å². The van der Waals surface area contributed by atoms with Gasteiger partial charge in [0, 0.05) is 18.8 Å². The van der Waals surface area contributed by atoms with Gasteiger partial charge in [0.15, 0.2) is 0 Å². The molecule has 1 amide bonds. The van der Waals surface area contributed by atoms with Crippen LogP contribution in [0.2, 0.25) is 0 Å². The molecular weight excluding hydrogens is 384 g/mol. The summed E-state index contributed by atoms with van der Waals surface area (Å²) >= 11 is 0. The van der Waals surface area contributed by atoms with E-state index in [0.717, 1.165) is 12.0 Å². The number of nitrogens with zero attached hydrogens (tertiary/aromatic N) is 1. The third-order valence-corrected chi connectivity index (χ3v) is 7.05. The summed E-state index contributed by atoms with van der Waals surface area (Å²) in [6.07, 6.45) is 1.02. The molecule has 29 heavy (non-hydrogen) atoms. The van der Waals surface area contributed by atoms with Gasteiger partial charge in [-0.05, 0) is 54.7 Å². The second-order valence-electron chi connectivity index (χ2n) is 7.66. The van der Waals surface area contributed by atoms with Crippen LogP contribution in [0.4, 0.5) is 5.69 Å². The summed E-state index contributed by atoms with van der Waals surface area (Å²) in [5.74, 6) is 0.165. The lowest BCUT2D eigenvalue weighted by molar-refractivity contribution is -0.117. The molecule has 1 atom stereocenters. The van der Waals surface area contributed by atoms with Crippen LogP contribution in [-0.2, 0) is 21.2 Å². The predicted octanol–water partition coefficient (Wildman–Crippen LogP) is 4.66. The van der Waals surface area contributed by atoms with E-state index < -0.39 is 10.0 Å². The first-order valence-corrected chi connectivity index (χ1v) is 11.6. The number of carbonyl (C=O) groups is 1. The maximum atomic E-state index is 12.6. The highest BCUT2D eigenvalue weighted by atomic mass is 32.2. The number of carbonyl (C=O) groups excluding carboxylic acids is 1. The van der Waals surface area contributed by atoms with Gasteiger partial charge in [0.2, 0.25) is 15.9 Å². The molecule has 0 heterocycles. The van der Waals surface area contributed by atoms with Crippen molar-refractivity contribution in [3.8, 4) is 0 Å². The third-order valence-electron chi connectivity index (χ3n) is 4.98. The van der Waals surface area contributed by atoms with Crippen LogP contribution < -0.4 is 5.32 Å². The van der Waals surface area contributed by atoms with Gasteiger partial charge < -0.3 is 5.32 Å². The zero-order chi connectivity index (χ0) is 21.6. The standard InChI is InChI=1S/C23H32N2O3S/c1-6-25(7-2)29(27,28)22-14-12-21(13-15-22)24-23(26)18(5)20-10-8-19(9-11-20)16-17(3)4/h8-15,17-18H,6-7,16H2,1-5H3,(H,24,26). The Morgan fingerprint density at radius 2 is 1.48 bits per heavy atom. The minimum atomic E-state index is -3.50. The van der Waals surface area contributed by atoms with Gasteiger partial charge in [-0.2, -0.15) is 4.31 Å². The summed E-state index contributed by atoms with van der Waals surface area (Å²) in [7, 11) is -3.50. The largest absolute Gasteiger partial charge is 0.326 e. The van der Waals surface area contributed by atoms with Gasteiger partial charge in [-0.15, -0.1) is 0 Å². The van der Waals surface area contributed by atoms with E-state index in [-0.39, 0.29) is 16.7 Å². The highest BCUT2D eigenvalue weighted by Gasteiger charge is 2.21. The first-order chi connectivity index (χ1) is 13.7. The van der Waals surface area contributed by atoms with Crippen LogP contribution in [0.15, 0.2) is 53.4 Å². The quantitative estimate of drug-likeness (QED) is 0.647. The van der Waals surface area contributed by atoms with Crippen molar-refractivity contribution in [2.75, 3.05) is 18.4 Å². The van der Waals surface area contributed by atoms with Crippen molar-refractivity contribution in [1.82, 2.24) is 4.31 Å². The number of sulfonamides is 1. The minimum Gasteiger partial charge on any atom is -0.326 e. The fraction of sp³-hybridized carbons (Fsp3) is 0.435. The molecule has 0 aromatic heterocycles. The number of amides is 1. The van der Waals surface area contributed by atoms with E-state index in [1.165, 1.54) is 22.0 Å². The monoisotopic (exact) mass is 416 g/mol. The molecule has 1 unspecified atom stereocenters. The SMILES string of the molecule is CCN(CC)S(=O)(=O)c1ccc(NC(=O)C(C)c2ccc(CC(C)C)cc2)cc1. The second kappa shape index (κ2) is 10.0. The van der Waals surface area contributed by atoms with Crippen molar-refractivity contribution in [1.29, 1.82) is 0 Å². The Morgan fingerprint density at radius 3 is 1.97 bits per heavy atom. The molecule has 0 fully saturated rings. The number of benzene rings is 2. The minimum absolute atomic E-state index is 0.124. The Balaban J connectivity index is 2.07. The van der Waals surface area contributed by atoms with Crippen LogP contribution >= 0.6 is 0 Å². The van der Waals surface area contributed by atoms with E-state index in [4.69, 9.17) is 0 Å². The summed E-state index contributed by atoms with van der Waals surface area (Å²) in [6.45, 7) is 10.7. The summed E-state index contributed by atoms with van der Waals surface area (Å²) in [5.41, 5.74) is 2.80. The highest BCUT2D eigenvalue weighted by molar-refractivity contribution is 7.89. The maximum Gasteiger partial charge on any atom is 0.243 e. The van der Waals surface area contributed by atoms with Gasteiger partial charge >= 0.3 is 0 Å². The Kier molecular flexibility index (Phi) is 7.99. The zero-order valence-electron chi connectivity index (χ0n) is 18.0. The van der Waals surface area contributed by atoms with Crippen LogP contribution in [-0.4, -0.2) is 31.7 Å². The molecule has 0 aliphatic rings. The van der Waals surface area contributed by atoms with Crippen LogP contribution in [0, 0.1) is 5.92 Å². The molecule has 0 spiro atoms. The van der Waals surface area contributed by atoms with Gasteiger partial charge in [-0.3, -0.25) is 4.79 Å². The third kappa shape index (κ3) is 5.90. The first-order valence-electron chi connectivity index (χ1n) is 10.2. The molecule has 0 aliphatic carbocycles. The van der Waals surface area contributed by atoms with Crippen molar-refractivity contribution in [2.24, 2.45) is 5.92 Å². The zero-order valence-corrected chi connectivity index (χ0v) is 18.8. The fourth-order valence-corrected chi connectivity index (χ4v) is 4.70. The number of nitrogens with one attached hydrogen (secondary N) is 1. The van der Waals surface area contributed by atoms with E-state index in [1.54, 1.807) is 12.1 Å². The molecule has 6 heteroatoms.